The first-order valence-corrected chi connectivity index (χ1v) is 13.5. The maximum atomic E-state index is 12.0. The number of nitrogens with zero attached hydrogens (tertiary/aromatic N) is 1. The molecule has 0 radical (unpaired) electrons. The summed E-state index contributed by atoms with van der Waals surface area (Å²) in [4.78, 5) is 12.0. The van der Waals surface area contributed by atoms with Crippen LogP contribution in [0.3, 0.4) is 0 Å². The lowest BCUT2D eigenvalue weighted by Crippen LogP contribution is -2.34. The Labute approximate surface area is 159 Å². The number of carbonyl (C=O) groups is 1. The van der Waals surface area contributed by atoms with E-state index in [0.717, 1.165) is 32.2 Å². The fourth-order valence-electron chi connectivity index (χ4n) is 3.75. The van der Waals surface area contributed by atoms with Gasteiger partial charge in [-0.15, -0.1) is 6.58 Å². The van der Waals surface area contributed by atoms with Gasteiger partial charge < -0.3 is 4.74 Å². The van der Waals surface area contributed by atoms with E-state index in [9.17, 15) is 4.79 Å². The molecule has 0 saturated carbocycles. The summed E-state index contributed by atoms with van der Waals surface area (Å²) in [6.45, 7) is 15.0. The van der Waals surface area contributed by atoms with Crippen LogP contribution in [0, 0.1) is 0 Å². The van der Waals surface area contributed by atoms with Crippen molar-refractivity contribution in [2.75, 3.05) is 19.7 Å². The average molecular weight is 373 g/mol. The van der Waals surface area contributed by atoms with Gasteiger partial charge in [0.25, 0.3) is 0 Å². The molecule has 4 heteroatoms. The molecule has 0 saturated heterocycles. The second kappa shape index (κ2) is 9.31. The minimum absolute atomic E-state index is 0.132. The van der Waals surface area contributed by atoms with Crippen molar-refractivity contribution in [3.8, 4) is 0 Å². The van der Waals surface area contributed by atoms with E-state index in [1.54, 1.807) is 0 Å². The van der Waals surface area contributed by atoms with Gasteiger partial charge in [-0.2, -0.15) is 0 Å². The van der Waals surface area contributed by atoms with Crippen molar-refractivity contribution in [3.05, 3.63) is 47.5 Å². The van der Waals surface area contributed by atoms with Gasteiger partial charge in [-0.3, -0.25) is 0 Å². The average Bonchev–Trinajstić information content (AvgIpc) is 2.55. The summed E-state index contributed by atoms with van der Waals surface area (Å²) < 4.78 is 7.40. The lowest BCUT2D eigenvalue weighted by atomic mass is 9.93. The molecule has 0 atom stereocenters. The molecule has 1 aromatic carbocycles. The van der Waals surface area contributed by atoms with Crippen LogP contribution < -0.4 is 0 Å². The number of fused-ring (bicyclic) bond motifs is 1. The van der Waals surface area contributed by atoms with Crippen molar-refractivity contribution in [3.63, 3.8) is 0 Å². The third kappa shape index (κ3) is 6.24. The van der Waals surface area contributed by atoms with Gasteiger partial charge >= 0.3 is 5.97 Å². The van der Waals surface area contributed by atoms with E-state index in [0.29, 0.717) is 13.2 Å². The van der Waals surface area contributed by atoms with Gasteiger partial charge in [-0.25, -0.2) is 9.37 Å². The third-order valence-electron chi connectivity index (χ3n) is 4.71. The molecular weight excluding hydrogens is 338 g/mol. The maximum absolute atomic E-state index is 12.0. The Bertz CT molecular complexity index is 686. The minimum atomic E-state index is -1.09. The first kappa shape index (κ1) is 20.6. The van der Waals surface area contributed by atoms with Crippen LogP contribution in [0.2, 0.25) is 25.7 Å². The first-order valence-electron chi connectivity index (χ1n) is 9.81. The smallest absolute Gasteiger partial charge is 0.372 e. The molecule has 142 valence electrons. The molecule has 0 amide bonds. The van der Waals surface area contributed by atoms with E-state index < -0.39 is 8.07 Å². The molecule has 0 unspecified atom stereocenters. The summed E-state index contributed by atoms with van der Waals surface area (Å²) in [5, 5.41) is 0. The Morgan fingerprint density at radius 2 is 2.00 bits per heavy atom. The Kier molecular flexibility index (Phi) is 7.39. The van der Waals surface area contributed by atoms with Gasteiger partial charge in [0, 0.05) is 26.5 Å². The van der Waals surface area contributed by atoms with E-state index >= 15 is 0 Å². The second-order valence-corrected chi connectivity index (χ2v) is 13.9. The van der Waals surface area contributed by atoms with E-state index in [1.165, 1.54) is 28.5 Å². The van der Waals surface area contributed by atoms with Crippen LogP contribution in [0.1, 0.15) is 37.3 Å². The molecule has 26 heavy (non-hydrogen) atoms. The molecule has 3 nitrogen and oxygen atoms in total. The van der Waals surface area contributed by atoms with E-state index in [4.69, 9.17) is 4.74 Å². The standard InChI is InChI=1S/C22H34NO2Si/c1-6-25-22(24)16-23-15-14-19-11-7-8-12-20(19)21(23)13-9-10-18(2)17-26(3,4)5/h7-8,11-12H,2,6,9-10,13-17H2,1,3-5H3/q+1. The van der Waals surface area contributed by atoms with E-state index in [2.05, 4.69) is 55.1 Å². The molecule has 0 aromatic heterocycles. The number of esters is 1. The molecule has 0 fully saturated rings. The van der Waals surface area contributed by atoms with Crippen LogP contribution >= 0.6 is 0 Å². The molecule has 1 heterocycles. The second-order valence-electron chi connectivity index (χ2n) is 8.42. The zero-order valence-corrected chi connectivity index (χ0v) is 17.9. The molecule has 1 aromatic rings. The Morgan fingerprint density at radius 1 is 1.27 bits per heavy atom. The van der Waals surface area contributed by atoms with Crippen LogP contribution in [-0.4, -0.2) is 44.0 Å². The molecular formula is C22H34NO2Si+. The molecule has 0 bridgehead atoms. The number of rotatable bonds is 9. The quantitative estimate of drug-likeness (QED) is 0.273. The summed E-state index contributed by atoms with van der Waals surface area (Å²) in [6, 6.07) is 9.80. The predicted molar refractivity (Wildman–Crippen MR) is 112 cm³/mol. The molecule has 1 aliphatic heterocycles. The number of hydrogen-bond acceptors (Lipinski definition) is 2. The molecule has 0 spiro atoms. The van der Waals surface area contributed by atoms with Crippen molar-refractivity contribution in [1.29, 1.82) is 0 Å². The van der Waals surface area contributed by atoms with Gasteiger partial charge in [0.05, 0.1) is 6.61 Å². The molecule has 1 aliphatic rings. The number of allylic oxidation sites excluding steroid dienone is 1. The monoisotopic (exact) mass is 372 g/mol. The van der Waals surface area contributed by atoms with Crippen LogP contribution in [0.4, 0.5) is 0 Å². The van der Waals surface area contributed by atoms with Crippen molar-refractivity contribution in [1.82, 2.24) is 0 Å². The van der Waals surface area contributed by atoms with Gasteiger partial charge in [0.1, 0.15) is 6.54 Å². The van der Waals surface area contributed by atoms with Gasteiger partial charge in [0.2, 0.25) is 6.54 Å². The van der Waals surface area contributed by atoms with Crippen molar-refractivity contribution >= 4 is 19.8 Å². The molecule has 0 N–H and O–H groups in total. The van der Waals surface area contributed by atoms with Crippen LogP contribution in [0.5, 0.6) is 0 Å². The SMILES string of the molecule is C=C(CCCC1=[N+](CC(=O)OCC)CCc2ccccc21)C[Si](C)(C)C. The lowest BCUT2D eigenvalue weighted by Gasteiger charge is -2.19. The topological polar surface area (TPSA) is 29.3 Å². The highest BCUT2D eigenvalue weighted by molar-refractivity contribution is 6.76. The van der Waals surface area contributed by atoms with Gasteiger partial charge in [-0.1, -0.05) is 43.4 Å². The zero-order valence-electron chi connectivity index (χ0n) is 16.9. The van der Waals surface area contributed by atoms with Crippen molar-refractivity contribution in [2.45, 2.75) is 58.3 Å². The lowest BCUT2D eigenvalue weighted by molar-refractivity contribution is -0.520. The Hall–Kier alpha value is -1.68. The predicted octanol–water partition coefficient (Wildman–Crippen LogP) is 4.67. The summed E-state index contributed by atoms with van der Waals surface area (Å²) in [5.41, 5.74) is 5.37. The van der Waals surface area contributed by atoms with E-state index in [-0.39, 0.29) is 5.97 Å². The first-order chi connectivity index (χ1) is 12.3. The Morgan fingerprint density at radius 3 is 2.69 bits per heavy atom. The van der Waals surface area contributed by atoms with E-state index in [1.807, 2.05) is 6.92 Å². The summed E-state index contributed by atoms with van der Waals surface area (Å²) in [5.74, 6) is -0.132. The number of carbonyl (C=O) groups excluding carboxylic acids is 1. The largest absolute Gasteiger partial charge is 0.461 e. The Balaban J connectivity index is 2.11. The van der Waals surface area contributed by atoms with Gasteiger partial charge in [-0.05, 0) is 37.4 Å². The van der Waals surface area contributed by atoms with Crippen LogP contribution in [0.15, 0.2) is 36.4 Å². The fraction of sp³-hybridized carbons (Fsp3) is 0.545. The third-order valence-corrected chi connectivity index (χ3v) is 6.27. The molecule has 2 rings (SSSR count). The van der Waals surface area contributed by atoms with Crippen molar-refractivity contribution < 1.29 is 14.1 Å². The minimum Gasteiger partial charge on any atom is -0.461 e. The summed E-state index contributed by atoms with van der Waals surface area (Å²) in [6.07, 6.45) is 4.14. The summed E-state index contributed by atoms with van der Waals surface area (Å²) >= 11 is 0. The number of benzene rings is 1. The van der Waals surface area contributed by atoms with Gasteiger partial charge in [0.15, 0.2) is 5.71 Å². The number of ether oxygens (including phenoxy) is 1. The highest BCUT2D eigenvalue weighted by Gasteiger charge is 2.27. The zero-order chi connectivity index (χ0) is 19.2. The van der Waals surface area contributed by atoms with Crippen LogP contribution in [-0.2, 0) is 16.0 Å². The van der Waals surface area contributed by atoms with Crippen LogP contribution in [0.25, 0.3) is 0 Å². The normalized spacial score (nSPS) is 14.2. The van der Waals surface area contributed by atoms with Crippen molar-refractivity contribution in [2.24, 2.45) is 0 Å². The molecule has 0 aliphatic carbocycles. The summed E-state index contributed by atoms with van der Waals surface area (Å²) in [7, 11) is -1.09. The number of hydrogen-bond donors (Lipinski definition) is 0. The highest BCUT2D eigenvalue weighted by Crippen LogP contribution is 2.22. The maximum Gasteiger partial charge on any atom is 0.372 e. The highest BCUT2D eigenvalue weighted by atomic mass is 28.3. The fourth-order valence-corrected chi connectivity index (χ4v) is 5.43.